The maximum Gasteiger partial charge on any atom is 0.294 e. The van der Waals surface area contributed by atoms with E-state index >= 15 is 0 Å². The second-order valence-electron chi connectivity index (χ2n) is 5.71. The number of aliphatic imine (C=N–C) groups is 1. The molecule has 0 aromatic heterocycles. The second-order valence-corrected chi connectivity index (χ2v) is 7.13. The van der Waals surface area contributed by atoms with Crippen molar-refractivity contribution in [2.45, 2.75) is 63.2 Å². The number of hydrogen-bond acceptors (Lipinski definition) is 4. The molecule has 2 N–H and O–H groups in total. The molecule has 0 amide bonds. The predicted octanol–water partition coefficient (Wildman–Crippen LogP) is 4.20. The van der Waals surface area contributed by atoms with E-state index in [0.717, 1.165) is 18.9 Å². The maximum absolute atomic E-state index is 11.1. The van der Waals surface area contributed by atoms with Crippen molar-refractivity contribution in [3.63, 3.8) is 0 Å². The van der Waals surface area contributed by atoms with Crippen LogP contribution < -0.4 is 0 Å². The molecular weight excluding hydrogens is 314 g/mol. The van der Waals surface area contributed by atoms with Gasteiger partial charge in [0.1, 0.15) is 5.75 Å². The highest BCUT2D eigenvalue weighted by molar-refractivity contribution is 7.85. The molecule has 0 saturated heterocycles. The topological polar surface area (TPSA) is 87.0 Å². The number of unbranched alkanes of at least 4 members (excludes halogenated alkanes) is 7. The first-order valence-electron chi connectivity index (χ1n) is 8.25. The molecule has 0 atom stereocenters. The van der Waals surface area contributed by atoms with Crippen LogP contribution in [-0.4, -0.2) is 30.8 Å². The molecule has 6 heteroatoms. The lowest BCUT2D eigenvalue weighted by Crippen LogP contribution is -1.99. The van der Waals surface area contributed by atoms with Crippen LogP contribution in [0.2, 0.25) is 0 Å². The molecule has 0 unspecified atom stereocenters. The van der Waals surface area contributed by atoms with Gasteiger partial charge in [0.05, 0.1) is 4.90 Å². The van der Waals surface area contributed by atoms with Gasteiger partial charge in [0.25, 0.3) is 10.1 Å². The second kappa shape index (κ2) is 10.4. The van der Waals surface area contributed by atoms with Gasteiger partial charge < -0.3 is 5.11 Å². The van der Waals surface area contributed by atoms with Crippen molar-refractivity contribution in [3.05, 3.63) is 23.8 Å². The zero-order valence-electron chi connectivity index (χ0n) is 13.7. The number of benzene rings is 1. The third-order valence-electron chi connectivity index (χ3n) is 3.67. The molecule has 0 aliphatic heterocycles. The zero-order chi connectivity index (χ0) is 17.1. The van der Waals surface area contributed by atoms with Crippen LogP contribution in [0.25, 0.3) is 0 Å². The van der Waals surface area contributed by atoms with Crippen molar-refractivity contribution in [1.82, 2.24) is 0 Å². The summed E-state index contributed by atoms with van der Waals surface area (Å²) in [6.07, 6.45) is 11.2. The number of hydrogen-bond donors (Lipinski definition) is 2. The Morgan fingerprint density at radius 3 is 2.26 bits per heavy atom. The van der Waals surface area contributed by atoms with Gasteiger partial charge >= 0.3 is 0 Å². The van der Waals surface area contributed by atoms with E-state index in [1.165, 1.54) is 56.9 Å². The fraction of sp³-hybridized carbons (Fsp3) is 0.588. The maximum atomic E-state index is 11.1. The van der Waals surface area contributed by atoms with E-state index in [4.69, 9.17) is 4.55 Å². The minimum absolute atomic E-state index is 0.0583. The lowest BCUT2D eigenvalue weighted by atomic mass is 10.1. The van der Waals surface area contributed by atoms with Crippen molar-refractivity contribution < 1.29 is 18.1 Å². The summed E-state index contributed by atoms with van der Waals surface area (Å²) in [4.78, 5) is 3.96. The minimum Gasteiger partial charge on any atom is -0.507 e. The molecule has 23 heavy (non-hydrogen) atoms. The Labute approximate surface area is 139 Å². The van der Waals surface area contributed by atoms with Gasteiger partial charge in [-0.2, -0.15) is 8.42 Å². The van der Waals surface area contributed by atoms with Crippen molar-refractivity contribution in [2.75, 3.05) is 6.54 Å². The van der Waals surface area contributed by atoms with Crippen LogP contribution >= 0.6 is 0 Å². The Hall–Kier alpha value is -1.40. The van der Waals surface area contributed by atoms with E-state index < -0.39 is 10.1 Å². The van der Waals surface area contributed by atoms with Crippen LogP contribution in [0.1, 0.15) is 63.9 Å². The molecule has 5 nitrogen and oxygen atoms in total. The Balaban J connectivity index is 2.32. The highest BCUT2D eigenvalue weighted by Crippen LogP contribution is 2.19. The predicted molar refractivity (Wildman–Crippen MR) is 93.0 cm³/mol. The number of nitrogens with zero attached hydrogens (tertiary/aromatic N) is 1. The quantitative estimate of drug-likeness (QED) is 0.359. The monoisotopic (exact) mass is 341 g/mol. The van der Waals surface area contributed by atoms with E-state index in [-0.39, 0.29) is 10.6 Å². The standard InChI is InChI=1S/C17H27NO4S/c1-2-3-4-5-6-7-8-9-12-18-14-15-13-16(23(20,21)22)10-11-17(15)19/h10-11,13-14,19H,2-9,12H2,1H3,(H,20,21,22). The van der Waals surface area contributed by atoms with Gasteiger partial charge in [0, 0.05) is 18.3 Å². The van der Waals surface area contributed by atoms with Crippen LogP contribution in [0.4, 0.5) is 0 Å². The molecule has 1 aromatic carbocycles. The van der Waals surface area contributed by atoms with Gasteiger partial charge in [0.2, 0.25) is 0 Å². The Bertz CT molecular complexity index is 597. The average molecular weight is 341 g/mol. The summed E-state index contributed by atoms with van der Waals surface area (Å²) >= 11 is 0. The lowest BCUT2D eigenvalue weighted by molar-refractivity contribution is 0.472. The summed E-state index contributed by atoms with van der Waals surface area (Å²) < 4.78 is 31.1. The summed E-state index contributed by atoms with van der Waals surface area (Å²) in [6, 6.07) is 3.60. The van der Waals surface area contributed by atoms with Gasteiger partial charge in [0.15, 0.2) is 0 Å². The third kappa shape index (κ3) is 8.13. The van der Waals surface area contributed by atoms with Crippen molar-refractivity contribution >= 4 is 16.3 Å². The SMILES string of the molecule is CCCCCCCCCCN=Cc1cc(S(=O)(=O)O)ccc1O. The average Bonchev–Trinajstić information content (AvgIpc) is 2.49. The highest BCUT2D eigenvalue weighted by Gasteiger charge is 2.11. The molecule has 1 rings (SSSR count). The first-order chi connectivity index (χ1) is 10.9. The van der Waals surface area contributed by atoms with Crippen LogP contribution in [0.3, 0.4) is 0 Å². The van der Waals surface area contributed by atoms with Crippen LogP contribution in [0.5, 0.6) is 5.75 Å². The van der Waals surface area contributed by atoms with E-state index in [1.54, 1.807) is 0 Å². The lowest BCUT2D eigenvalue weighted by Gasteiger charge is -2.02. The van der Waals surface area contributed by atoms with Crippen LogP contribution in [0, 0.1) is 0 Å². The molecular formula is C17H27NO4S. The van der Waals surface area contributed by atoms with Gasteiger partial charge in [-0.25, -0.2) is 0 Å². The smallest absolute Gasteiger partial charge is 0.294 e. The normalized spacial score (nSPS) is 12.1. The van der Waals surface area contributed by atoms with E-state index in [9.17, 15) is 13.5 Å². The molecule has 1 aromatic rings. The zero-order valence-corrected chi connectivity index (χ0v) is 14.6. The van der Waals surface area contributed by atoms with E-state index in [1.807, 2.05) is 0 Å². The Morgan fingerprint density at radius 2 is 1.65 bits per heavy atom. The molecule has 0 saturated carbocycles. The number of phenolic OH excluding ortho intramolecular Hbond substituents is 1. The molecule has 0 aliphatic rings. The van der Waals surface area contributed by atoms with Gasteiger partial charge in [-0.1, -0.05) is 51.9 Å². The summed E-state index contributed by atoms with van der Waals surface area (Å²) in [5, 5.41) is 9.68. The van der Waals surface area contributed by atoms with E-state index in [0.29, 0.717) is 12.1 Å². The fourth-order valence-corrected chi connectivity index (χ4v) is 2.81. The molecule has 0 radical (unpaired) electrons. The summed E-state index contributed by atoms with van der Waals surface area (Å²) in [6.45, 7) is 2.85. The number of rotatable bonds is 11. The van der Waals surface area contributed by atoms with Crippen molar-refractivity contribution in [2.24, 2.45) is 4.99 Å². The fourth-order valence-electron chi connectivity index (χ4n) is 2.30. The first-order valence-corrected chi connectivity index (χ1v) is 9.69. The van der Waals surface area contributed by atoms with Crippen molar-refractivity contribution in [3.8, 4) is 5.75 Å². The van der Waals surface area contributed by atoms with Gasteiger partial charge in [-0.15, -0.1) is 0 Å². The largest absolute Gasteiger partial charge is 0.507 e. The summed E-state index contributed by atoms with van der Waals surface area (Å²) in [7, 11) is -4.27. The van der Waals surface area contributed by atoms with Crippen LogP contribution in [0.15, 0.2) is 28.1 Å². The molecule has 0 fully saturated rings. The molecule has 0 bridgehead atoms. The molecule has 130 valence electrons. The number of phenols is 1. The Morgan fingerprint density at radius 1 is 1.04 bits per heavy atom. The first kappa shape index (κ1) is 19.6. The molecule has 0 aliphatic carbocycles. The van der Waals surface area contributed by atoms with Crippen molar-refractivity contribution in [1.29, 1.82) is 0 Å². The van der Waals surface area contributed by atoms with Gasteiger partial charge in [-0.3, -0.25) is 9.55 Å². The molecule has 0 heterocycles. The third-order valence-corrected chi connectivity index (χ3v) is 4.52. The highest BCUT2D eigenvalue weighted by atomic mass is 32.2. The minimum atomic E-state index is -4.27. The summed E-state index contributed by atoms with van der Waals surface area (Å²) in [5.41, 5.74) is 0.291. The Kier molecular flexibility index (Phi) is 8.87. The number of aromatic hydroxyl groups is 1. The van der Waals surface area contributed by atoms with Gasteiger partial charge in [-0.05, 0) is 24.6 Å². The summed E-state index contributed by atoms with van der Waals surface area (Å²) in [5.74, 6) is -0.0583. The van der Waals surface area contributed by atoms with Crippen LogP contribution in [-0.2, 0) is 10.1 Å². The van der Waals surface area contributed by atoms with E-state index in [2.05, 4.69) is 11.9 Å². The molecule has 0 spiro atoms.